The second kappa shape index (κ2) is 4.46. The Morgan fingerprint density at radius 3 is 3.11 bits per heavy atom. The monoisotopic (exact) mass is 243 g/mol. The zero-order valence-corrected chi connectivity index (χ0v) is 10.5. The molecule has 4 heteroatoms. The molecule has 2 heterocycles. The molecule has 0 saturated carbocycles. The first-order valence-electron chi connectivity index (χ1n) is 6.25. The van der Waals surface area contributed by atoms with Crippen LogP contribution in [0.3, 0.4) is 0 Å². The number of benzene rings is 1. The van der Waals surface area contributed by atoms with Crippen molar-refractivity contribution < 1.29 is 4.74 Å². The molecule has 2 N–H and O–H groups in total. The van der Waals surface area contributed by atoms with Gasteiger partial charge in [-0.25, -0.2) is 0 Å². The first kappa shape index (κ1) is 11.3. The summed E-state index contributed by atoms with van der Waals surface area (Å²) in [5.41, 5.74) is 8.91. The molecular weight excluding hydrogens is 226 g/mol. The third kappa shape index (κ3) is 1.78. The highest BCUT2D eigenvalue weighted by atomic mass is 16.5. The summed E-state index contributed by atoms with van der Waals surface area (Å²) in [6, 6.07) is 8.33. The van der Waals surface area contributed by atoms with Gasteiger partial charge in [-0.05, 0) is 31.2 Å². The number of nitrogens with two attached hydrogens (primary N) is 1. The number of hydrogen-bond acceptors (Lipinski definition) is 4. The summed E-state index contributed by atoms with van der Waals surface area (Å²) in [6.07, 6.45) is 1.82. The van der Waals surface area contributed by atoms with Gasteiger partial charge in [-0.15, -0.1) is 0 Å². The number of anilines is 2. The van der Waals surface area contributed by atoms with Gasteiger partial charge < -0.3 is 15.4 Å². The molecule has 2 aromatic rings. The van der Waals surface area contributed by atoms with Gasteiger partial charge in [0.2, 0.25) is 0 Å². The molecule has 0 bridgehead atoms. The molecule has 0 aliphatic carbocycles. The highest BCUT2D eigenvalue weighted by molar-refractivity contribution is 5.98. The average molecular weight is 243 g/mol. The smallest absolute Gasteiger partial charge is 0.0956 e. The average Bonchev–Trinajstić information content (AvgIpc) is 2.41. The number of pyridine rings is 1. The third-order valence-electron chi connectivity index (χ3n) is 3.46. The Morgan fingerprint density at radius 1 is 1.39 bits per heavy atom. The fourth-order valence-electron chi connectivity index (χ4n) is 2.50. The second-order valence-corrected chi connectivity index (χ2v) is 4.69. The van der Waals surface area contributed by atoms with Crippen LogP contribution in [0.5, 0.6) is 0 Å². The van der Waals surface area contributed by atoms with Gasteiger partial charge in [0.1, 0.15) is 0 Å². The van der Waals surface area contributed by atoms with Gasteiger partial charge >= 0.3 is 0 Å². The van der Waals surface area contributed by atoms with E-state index in [1.54, 1.807) is 0 Å². The molecule has 1 atom stereocenters. The van der Waals surface area contributed by atoms with E-state index in [0.29, 0.717) is 6.04 Å². The van der Waals surface area contributed by atoms with E-state index in [1.165, 1.54) is 0 Å². The van der Waals surface area contributed by atoms with Crippen molar-refractivity contribution in [3.63, 3.8) is 0 Å². The molecule has 0 amide bonds. The van der Waals surface area contributed by atoms with Gasteiger partial charge in [0, 0.05) is 29.9 Å². The first-order valence-corrected chi connectivity index (χ1v) is 6.25. The Balaban J connectivity index is 2.14. The van der Waals surface area contributed by atoms with Crippen LogP contribution in [0.25, 0.3) is 10.9 Å². The lowest BCUT2D eigenvalue weighted by atomic mass is 10.1. The van der Waals surface area contributed by atoms with Crippen molar-refractivity contribution in [2.75, 3.05) is 30.4 Å². The maximum atomic E-state index is 6.01. The standard InChI is InChI=1S/C14H17N3O/c1-10-9-18-8-7-17(10)13-5-4-12(15)11-3-2-6-16-14(11)13/h2-6,10H,7-9,15H2,1H3. The number of nitrogens with zero attached hydrogens (tertiary/aromatic N) is 2. The Morgan fingerprint density at radius 2 is 2.28 bits per heavy atom. The quantitative estimate of drug-likeness (QED) is 0.779. The molecule has 0 radical (unpaired) electrons. The minimum absolute atomic E-state index is 0.368. The van der Waals surface area contributed by atoms with Crippen molar-refractivity contribution in [2.24, 2.45) is 0 Å². The Kier molecular flexibility index (Phi) is 2.80. The van der Waals surface area contributed by atoms with Crippen LogP contribution in [0.2, 0.25) is 0 Å². The third-order valence-corrected chi connectivity index (χ3v) is 3.46. The minimum Gasteiger partial charge on any atom is -0.398 e. The number of fused-ring (bicyclic) bond motifs is 1. The molecule has 1 aromatic carbocycles. The van der Waals surface area contributed by atoms with Crippen LogP contribution >= 0.6 is 0 Å². The maximum Gasteiger partial charge on any atom is 0.0956 e. The molecule has 3 rings (SSSR count). The molecule has 1 aliphatic rings. The number of ether oxygens (including phenoxy) is 1. The maximum absolute atomic E-state index is 6.01. The molecule has 94 valence electrons. The molecule has 1 fully saturated rings. The van der Waals surface area contributed by atoms with E-state index in [0.717, 1.165) is 42.0 Å². The molecule has 1 aliphatic heterocycles. The molecule has 18 heavy (non-hydrogen) atoms. The summed E-state index contributed by atoms with van der Waals surface area (Å²) >= 11 is 0. The highest BCUT2D eigenvalue weighted by Crippen LogP contribution is 2.30. The normalized spacial score (nSPS) is 20.3. The van der Waals surface area contributed by atoms with Gasteiger partial charge in [-0.2, -0.15) is 0 Å². The summed E-state index contributed by atoms with van der Waals surface area (Å²) in [6.45, 7) is 4.60. The van der Waals surface area contributed by atoms with Gasteiger partial charge in [0.15, 0.2) is 0 Å². The number of hydrogen-bond donors (Lipinski definition) is 1. The molecule has 1 unspecified atom stereocenters. The van der Waals surface area contributed by atoms with Crippen LogP contribution in [-0.4, -0.2) is 30.8 Å². The van der Waals surface area contributed by atoms with Crippen LogP contribution in [0.1, 0.15) is 6.92 Å². The predicted molar refractivity (Wildman–Crippen MR) is 73.8 cm³/mol. The van der Waals surface area contributed by atoms with Gasteiger partial charge in [0.25, 0.3) is 0 Å². The van der Waals surface area contributed by atoms with E-state index in [2.05, 4.69) is 22.9 Å². The number of morpholine rings is 1. The lowest BCUT2D eigenvalue weighted by molar-refractivity contribution is 0.0991. The minimum atomic E-state index is 0.368. The summed E-state index contributed by atoms with van der Waals surface area (Å²) in [4.78, 5) is 6.83. The molecule has 4 nitrogen and oxygen atoms in total. The SMILES string of the molecule is CC1COCCN1c1ccc(N)c2cccnc12. The van der Waals surface area contributed by atoms with Gasteiger partial charge in [-0.1, -0.05) is 0 Å². The Bertz CT molecular complexity index is 570. The van der Waals surface area contributed by atoms with Crippen LogP contribution in [0.4, 0.5) is 11.4 Å². The van der Waals surface area contributed by atoms with E-state index in [1.807, 2.05) is 24.4 Å². The lowest BCUT2D eigenvalue weighted by Crippen LogP contribution is -2.43. The van der Waals surface area contributed by atoms with Crippen molar-refractivity contribution in [3.05, 3.63) is 30.5 Å². The highest BCUT2D eigenvalue weighted by Gasteiger charge is 2.21. The summed E-state index contributed by atoms with van der Waals surface area (Å²) in [5.74, 6) is 0. The predicted octanol–water partition coefficient (Wildman–Crippen LogP) is 2.04. The van der Waals surface area contributed by atoms with E-state index >= 15 is 0 Å². The van der Waals surface area contributed by atoms with E-state index in [9.17, 15) is 0 Å². The Hall–Kier alpha value is -1.81. The van der Waals surface area contributed by atoms with Crippen molar-refractivity contribution in [1.29, 1.82) is 0 Å². The van der Waals surface area contributed by atoms with E-state index in [-0.39, 0.29) is 0 Å². The molecular formula is C14H17N3O. The zero-order valence-electron chi connectivity index (χ0n) is 10.5. The van der Waals surface area contributed by atoms with Gasteiger partial charge in [-0.3, -0.25) is 4.98 Å². The van der Waals surface area contributed by atoms with E-state index < -0.39 is 0 Å². The van der Waals surface area contributed by atoms with Gasteiger partial charge in [0.05, 0.1) is 24.4 Å². The number of rotatable bonds is 1. The molecule has 1 aromatic heterocycles. The van der Waals surface area contributed by atoms with Crippen LogP contribution in [0, 0.1) is 0 Å². The van der Waals surface area contributed by atoms with Crippen LogP contribution in [0.15, 0.2) is 30.5 Å². The lowest BCUT2D eigenvalue weighted by Gasteiger charge is -2.35. The summed E-state index contributed by atoms with van der Waals surface area (Å²) < 4.78 is 5.48. The largest absolute Gasteiger partial charge is 0.398 e. The fraction of sp³-hybridized carbons (Fsp3) is 0.357. The summed E-state index contributed by atoms with van der Waals surface area (Å²) in [5, 5.41) is 1.02. The van der Waals surface area contributed by atoms with Crippen LogP contribution in [-0.2, 0) is 4.74 Å². The van der Waals surface area contributed by atoms with Crippen molar-refractivity contribution in [1.82, 2.24) is 4.98 Å². The number of nitrogen functional groups attached to an aromatic ring is 1. The second-order valence-electron chi connectivity index (χ2n) is 4.69. The number of aromatic nitrogens is 1. The van der Waals surface area contributed by atoms with Crippen molar-refractivity contribution in [2.45, 2.75) is 13.0 Å². The molecule has 0 spiro atoms. The van der Waals surface area contributed by atoms with Crippen LogP contribution < -0.4 is 10.6 Å². The Labute approximate surface area is 106 Å². The first-order chi connectivity index (χ1) is 8.77. The van der Waals surface area contributed by atoms with E-state index in [4.69, 9.17) is 10.5 Å². The van der Waals surface area contributed by atoms with Crippen molar-refractivity contribution >= 4 is 22.3 Å². The fourth-order valence-corrected chi connectivity index (χ4v) is 2.50. The summed E-state index contributed by atoms with van der Waals surface area (Å²) in [7, 11) is 0. The topological polar surface area (TPSA) is 51.4 Å². The zero-order chi connectivity index (χ0) is 12.5. The van der Waals surface area contributed by atoms with Crippen molar-refractivity contribution in [3.8, 4) is 0 Å². The molecule has 1 saturated heterocycles.